The SMILES string of the molecule is Cc1c(C(=O)OCC(=O)N[C@@H](C)c2ccco2)oc2c1ccc1ccccc12. The number of nitrogens with one attached hydrogen (secondary N) is 1. The van der Waals surface area contributed by atoms with Gasteiger partial charge >= 0.3 is 5.97 Å². The summed E-state index contributed by atoms with van der Waals surface area (Å²) in [5.41, 5.74) is 1.33. The number of esters is 1. The highest BCUT2D eigenvalue weighted by Crippen LogP contribution is 2.32. The van der Waals surface area contributed by atoms with Gasteiger partial charge in [-0.05, 0) is 31.4 Å². The molecule has 2 aromatic carbocycles. The van der Waals surface area contributed by atoms with Crippen molar-refractivity contribution in [1.29, 1.82) is 0 Å². The van der Waals surface area contributed by atoms with Crippen LogP contribution in [0.15, 0.2) is 63.6 Å². The average molecular weight is 377 g/mol. The van der Waals surface area contributed by atoms with Gasteiger partial charge in [-0.15, -0.1) is 0 Å². The number of carbonyl (C=O) groups is 2. The Hall–Kier alpha value is -3.54. The average Bonchev–Trinajstić information content (AvgIpc) is 3.35. The van der Waals surface area contributed by atoms with Crippen LogP contribution in [-0.4, -0.2) is 18.5 Å². The van der Waals surface area contributed by atoms with Crippen LogP contribution < -0.4 is 5.32 Å². The van der Waals surface area contributed by atoms with Crippen molar-refractivity contribution in [3.05, 3.63) is 71.9 Å². The van der Waals surface area contributed by atoms with Crippen LogP contribution in [0.25, 0.3) is 21.7 Å². The molecule has 0 aliphatic heterocycles. The Kier molecular flexibility index (Phi) is 4.61. The Morgan fingerprint density at radius 1 is 1.07 bits per heavy atom. The zero-order chi connectivity index (χ0) is 19.7. The molecule has 6 heteroatoms. The smallest absolute Gasteiger partial charge is 0.375 e. The molecule has 0 bridgehead atoms. The van der Waals surface area contributed by atoms with E-state index in [1.807, 2.05) is 36.4 Å². The Morgan fingerprint density at radius 3 is 2.68 bits per heavy atom. The number of carbonyl (C=O) groups excluding carboxylic acids is 2. The molecule has 1 N–H and O–H groups in total. The lowest BCUT2D eigenvalue weighted by Gasteiger charge is -2.11. The zero-order valence-corrected chi connectivity index (χ0v) is 15.5. The Bertz CT molecular complexity index is 1160. The largest absolute Gasteiger partial charge is 0.467 e. The molecule has 4 rings (SSSR count). The summed E-state index contributed by atoms with van der Waals surface area (Å²) in [5.74, 6) is -0.354. The number of hydrogen-bond acceptors (Lipinski definition) is 5. The van der Waals surface area contributed by atoms with Crippen LogP contribution in [-0.2, 0) is 9.53 Å². The maximum absolute atomic E-state index is 12.5. The van der Waals surface area contributed by atoms with Crippen molar-refractivity contribution in [2.75, 3.05) is 6.61 Å². The van der Waals surface area contributed by atoms with E-state index in [4.69, 9.17) is 13.6 Å². The van der Waals surface area contributed by atoms with Crippen molar-refractivity contribution in [2.45, 2.75) is 19.9 Å². The van der Waals surface area contributed by atoms with Crippen molar-refractivity contribution >= 4 is 33.6 Å². The maximum Gasteiger partial charge on any atom is 0.375 e. The van der Waals surface area contributed by atoms with E-state index >= 15 is 0 Å². The highest BCUT2D eigenvalue weighted by atomic mass is 16.5. The maximum atomic E-state index is 12.5. The first-order chi connectivity index (χ1) is 13.5. The minimum Gasteiger partial charge on any atom is -0.467 e. The molecule has 2 aromatic heterocycles. The number of benzene rings is 2. The molecule has 0 aliphatic carbocycles. The molecule has 1 amide bonds. The molecule has 0 saturated carbocycles. The van der Waals surface area contributed by atoms with Crippen LogP contribution in [0.3, 0.4) is 0 Å². The molecule has 1 atom stereocenters. The fraction of sp³-hybridized carbons (Fsp3) is 0.182. The van der Waals surface area contributed by atoms with Gasteiger partial charge in [-0.2, -0.15) is 0 Å². The van der Waals surface area contributed by atoms with Crippen LogP contribution >= 0.6 is 0 Å². The van der Waals surface area contributed by atoms with Gasteiger partial charge in [0, 0.05) is 16.3 Å². The van der Waals surface area contributed by atoms with E-state index in [0.29, 0.717) is 16.9 Å². The quantitative estimate of drug-likeness (QED) is 0.517. The van der Waals surface area contributed by atoms with Crippen LogP contribution in [0.2, 0.25) is 0 Å². The molecule has 28 heavy (non-hydrogen) atoms. The summed E-state index contributed by atoms with van der Waals surface area (Å²) >= 11 is 0. The van der Waals surface area contributed by atoms with Gasteiger partial charge in [0.2, 0.25) is 5.76 Å². The van der Waals surface area contributed by atoms with E-state index in [2.05, 4.69) is 5.32 Å². The molecule has 142 valence electrons. The number of amides is 1. The monoisotopic (exact) mass is 377 g/mol. The fourth-order valence-electron chi connectivity index (χ4n) is 3.23. The minimum absolute atomic E-state index is 0.109. The number of rotatable bonds is 5. The molecule has 0 unspecified atom stereocenters. The van der Waals surface area contributed by atoms with Gasteiger partial charge in [0.1, 0.15) is 11.3 Å². The van der Waals surface area contributed by atoms with Gasteiger partial charge in [-0.3, -0.25) is 4.79 Å². The molecular weight excluding hydrogens is 358 g/mol. The van der Waals surface area contributed by atoms with Gasteiger partial charge in [-0.1, -0.05) is 36.4 Å². The van der Waals surface area contributed by atoms with Gasteiger partial charge in [0.15, 0.2) is 6.61 Å². The fourth-order valence-corrected chi connectivity index (χ4v) is 3.23. The van der Waals surface area contributed by atoms with E-state index < -0.39 is 18.5 Å². The Balaban J connectivity index is 1.49. The number of furan rings is 2. The lowest BCUT2D eigenvalue weighted by molar-refractivity contribution is -0.125. The van der Waals surface area contributed by atoms with E-state index in [1.54, 1.807) is 26.0 Å². The predicted octanol–water partition coefficient (Wildman–Crippen LogP) is 4.52. The predicted molar refractivity (Wildman–Crippen MR) is 104 cm³/mol. The summed E-state index contributed by atoms with van der Waals surface area (Å²) in [7, 11) is 0. The van der Waals surface area contributed by atoms with Crippen molar-refractivity contribution < 1.29 is 23.2 Å². The molecule has 0 radical (unpaired) electrons. The van der Waals surface area contributed by atoms with E-state index in [1.165, 1.54) is 6.26 Å². The van der Waals surface area contributed by atoms with E-state index in [9.17, 15) is 9.59 Å². The summed E-state index contributed by atoms with van der Waals surface area (Å²) in [6.45, 7) is 3.18. The molecule has 0 saturated heterocycles. The minimum atomic E-state index is -0.668. The van der Waals surface area contributed by atoms with Gasteiger partial charge < -0.3 is 18.9 Å². The molecule has 0 fully saturated rings. The number of fused-ring (bicyclic) bond motifs is 3. The molecule has 0 spiro atoms. The van der Waals surface area contributed by atoms with Crippen LogP contribution in [0, 0.1) is 6.92 Å². The normalized spacial score (nSPS) is 12.2. The molecule has 4 aromatic rings. The zero-order valence-electron chi connectivity index (χ0n) is 15.5. The van der Waals surface area contributed by atoms with Crippen molar-refractivity contribution in [1.82, 2.24) is 5.32 Å². The van der Waals surface area contributed by atoms with E-state index in [0.717, 1.165) is 16.2 Å². The second-order valence-electron chi connectivity index (χ2n) is 6.60. The van der Waals surface area contributed by atoms with Crippen LogP contribution in [0.4, 0.5) is 0 Å². The van der Waals surface area contributed by atoms with Gasteiger partial charge in [-0.25, -0.2) is 4.79 Å². The summed E-state index contributed by atoms with van der Waals surface area (Å²) in [6.07, 6.45) is 1.53. The number of aryl methyl sites for hydroxylation is 1. The molecule has 2 heterocycles. The Morgan fingerprint density at radius 2 is 1.89 bits per heavy atom. The van der Waals surface area contributed by atoms with Crippen LogP contribution in [0.5, 0.6) is 0 Å². The van der Waals surface area contributed by atoms with Crippen molar-refractivity contribution in [3.8, 4) is 0 Å². The molecular formula is C22H19NO5. The first kappa shape index (κ1) is 17.9. The second-order valence-corrected chi connectivity index (χ2v) is 6.60. The highest BCUT2D eigenvalue weighted by molar-refractivity contribution is 6.08. The molecule has 6 nitrogen and oxygen atoms in total. The number of hydrogen-bond donors (Lipinski definition) is 1. The highest BCUT2D eigenvalue weighted by Gasteiger charge is 2.21. The lowest BCUT2D eigenvalue weighted by atomic mass is 10.1. The third-order valence-corrected chi connectivity index (χ3v) is 4.70. The third kappa shape index (κ3) is 3.24. The van der Waals surface area contributed by atoms with Crippen LogP contribution in [0.1, 0.15) is 34.8 Å². The van der Waals surface area contributed by atoms with Gasteiger partial charge in [0.25, 0.3) is 5.91 Å². The third-order valence-electron chi connectivity index (χ3n) is 4.70. The first-order valence-corrected chi connectivity index (χ1v) is 8.95. The van der Waals surface area contributed by atoms with E-state index in [-0.39, 0.29) is 11.8 Å². The lowest BCUT2D eigenvalue weighted by Crippen LogP contribution is -2.31. The summed E-state index contributed by atoms with van der Waals surface area (Å²) in [5, 5.41) is 5.51. The Labute approximate surface area is 161 Å². The number of ether oxygens (including phenoxy) is 1. The van der Waals surface area contributed by atoms with Crippen molar-refractivity contribution in [3.63, 3.8) is 0 Å². The standard InChI is InChI=1S/C22H19NO5/c1-13-16-10-9-15-6-3-4-7-17(15)21(16)28-20(13)22(25)27-12-19(24)23-14(2)18-8-5-11-26-18/h3-11,14H,12H2,1-2H3,(H,23,24)/t14-/m0/s1. The van der Waals surface area contributed by atoms with Gasteiger partial charge in [0.05, 0.1) is 12.3 Å². The molecule has 0 aliphatic rings. The summed E-state index contributed by atoms with van der Waals surface area (Å²) in [6, 6.07) is 14.9. The first-order valence-electron chi connectivity index (χ1n) is 8.95. The topological polar surface area (TPSA) is 81.7 Å². The van der Waals surface area contributed by atoms with Crippen molar-refractivity contribution in [2.24, 2.45) is 0 Å². The second kappa shape index (κ2) is 7.23. The summed E-state index contributed by atoms with van der Waals surface area (Å²) < 4.78 is 16.2. The summed E-state index contributed by atoms with van der Waals surface area (Å²) in [4.78, 5) is 24.5.